The van der Waals surface area contributed by atoms with Gasteiger partial charge in [-0.15, -0.1) is 0 Å². The lowest BCUT2D eigenvalue weighted by Crippen LogP contribution is -2.37. The molecule has 1 aliphatic heterocycles. The van der Waals surface area contributed by atoms with E-state index in [0.29, 0.717) is 61.3 Å². The fraction of sp³-hybridized carbons (Fsp3) is 0.577. The number of aryl methyl sites for hydroxylation is 1. The predicted molar refractivity (Wildman–Crippen MR) is 130 cm³/mol. The molecule has 5 rings (SSSR count). The minimum Gasteiger partial charge on any atom is -0.390 e. The van der Waals surface area contributed by atoms with Crippen molar-refractivity contribution < 1.29 is 18.6 Å². The molecule has 7 nitrogen and oxygen atoms in total. The number of anilines is 1. The molecule has 1 saturated heterocycles. The molecule has 0 bridgehead atoms. The third kappa shape index (κ3) is 5.46. The van der Waals surface area contributed by atoms with E-state index in [1.54, 1.807) is 24.3 Å². The molecule has 0 atom stereocenters. The van der Waals surface area contributed by atoms with E-state index in [2.05, 4.69) is 9.88 Å². The summed E-state index contributed by atoms with van der Waals surface area (Å²) in [6.45, 7) is 4.53. The van der Waals surface area contributed by atoms with Gasteiger partial charge in [-0.1, -0.05) is 18.6 Å². The summed E-state index contributed by atoms with van der Waals surface area (Å²) in [7, 11) is 0. The first-order valence-corrected chi connectivity index (χ1v) is 12.6. The first-order chi connectivity index (χ1) is 16.9. The van der Waals surface area contributed by atoms with Crippen LogP contribution in [0.1, 0.15) is 63.5 Å². The smallest absolute Gasteiger partial charge is 0.296 e. The molecule has 2 aromatic heterocycles. The Morgan fingerprint density at radius 1 is 1.09 bits per heavy atom. The van der Waals surface area contributed by atoms with E-state index in [0.717, 1.165) is 44.3 Å². The fourth-order valence-corrected chi connectivity index (χ4v) is 5.22. The SMILES string of the molecule is CC1(O)CCC(CCCc2nc(N3CCOCC3)cc(-n3c(C(F)F)nc4ccccc43)n2)CC1. The summed E-state index contributed by atoms with van der Waals surface area (Å²) in [5.74, 6) is 2.11. The Morgan fingerprint density at radius 2 is 1.80 bits per heavy atom. The Labute approximate surface area is 204 Å². The van der Waals surface area contributed by atoms with Crippen LogP contribution in [0.2, 0.25) is 0 Å². The predicted octanol–water partition coefficient (Wildman–Crippen LogP) is 4.85. The number of nitrogens with zero attached hydrogens (tertiary/aromatic N) is 5. The van der Waals surface area contributed by atoms with Gasteiger partial charge in [0.1, 0.15) is 17.5 Å². The highest BCUT2D eigenvalue weighted by molar-refractivity contribution is 5.78. The van der Waals surface area contributed by atoms with Gasteiger partial charge in [-0.25, -0.2) is 23.7 Å². The maximum atomic E-state index is 14.0. The molecule has 1 aromatic carbocycles. The number of morpholine rings is 1. The Hall–Kier alpha value is -2.65. The third-order valence-corrected chi connectivity index (χ3v) is 7.29. The maximum Gasteiger partial charge on any atom is 0.296 e. The van der Waals surface area contributed by atoms with Gasteiger partial charge in [0.25, 0.3) is 6.43 Å². The molecule has 0 spiro atoms. The minimum absolute atomic E-state index is 0.307. The summed E-state index contributed by atoms with van der Waals surface area (Å²) in [5.41, 5.74) is 0.593. The standard InChI is InChI=1S/C26H33F2N5O2/c1-26(34)11-9-18(10-12-26)5-4-8-21-30-22(32-13-15-35-16-14-32)17-23(31-21)33-20-7-3-2-6-19(20)29-25(33)24(27)28/h2-3,6-7,17-18,24,34H,4-5,8-16H2,1H3. The Bertz CT molecular complexity index is 1150. The molecule has 1 saturated carbocycles. The summed E-state index contributed by atoms with van der Waals surface area (Å²) in [5, 5.41) is 10.2. The average molecular weight is 486 g/mol. The molecular weight excluding hydrogens is 452 g/mol. The number of hydrogen-bond donors (Lipinski definition) is 1. The van der Waals surface area contributed by atoms with Crippen molar-refractivity contribution in [3.63, 3.8) is 0 Å². The van der Waals surface area contributed by atoms with Gasteiger partial charge in [-0.05, 0) is 57.1 Å². The van der Waals surface area contributed by atoms with E-state index in [9.17, 15) is 13.9 Å². The van der Waals surface area contributed by atoms with Crippen LogP contribution in [0.5, 0.6) is 0 Å². The van der Waals surface area contributed by atoms with Crippen LogP contribution < -0.4 is 4.90 Å². The molecule has 0 unspecified atom stereocenters. The molecule has 0 radical (unpaired) electrons. The molecule has 1 aliphatic carbocycles. The van der Waals surface area contributed by atoms with E-state index >= 15 is 0 Å². The van der Waals surface area contributed by atoms with Crippen LogP contribution >= 0.6 is 0 Å². The van der Waals surface area contributed by atoms with Crippen LogP contribution in [0, 0.1) is 5.92 Å². The number of para-hydroxylation sites is 2. The first kappa shape index (κ1) is 24.1. The minimum atomic E-state index is -2.73. The molecule has 35 heavy (non-hydrogen) atoms. The number of aliphatic hydroxyl groups is 1. The number of benzene rings is 1. The van der Waals surface area contributed by atoms with Crippen molar-refractivity contribution in [3.05, 3.63) is 42.0 Å². The molecule has 188 valence electrons. The van der Waals surface area contributed by atoms with Crippen molar-refractivity contribution >= 4 is 16.9 Å². The molecule has 3 aromatic rings. The number of ether oxygens (including phenoxy) is 1. The highest BCUT2D eigenvalue weighted by atomic mass is 19.3. The molecule has 9 heteroatoms. The van der Waals surface area contributed by atoms with Crippen molar-refractivity contribution in [1.82, 2.24) is 19.5 Å². The summed E-state index contributed by atoms with van der Waals surface area (Å²) in [6.07, 6.45) is 3.67. The number of hydrogen-bond acceptors (Lipinski definition) is 6. The number of halogens is 2. The largest absolute Gasteiger partial charge is 0.390 e. The van der Waals surface area contributed by atoms with Gasteiger partial charge in [0, 0.05) is 25.6 Å². The number of imidazole rings is 1. The highest BCUT2D eigenvalue weighted by Crippen LogP contribution is 2.34. The van der Waals surface area contributed by atoms with Crippen LogP contribution in [0.4, 0.5) is 14.6 Å². The zero-order valence-electron chi connectivity index (χ0n) is 20.2. The molecule has 3 heterocycles. The van der Waals surface area contributed by atoms with Crippen molar-refractivity contribution in [3.8, 4) is 5.82 Å². The number of fused-ring (bicyclic) bond motifs is 1. The summed E-state index contributed by atoms with van der Waals surface area (Å²) >= 11 is 0. The van der Waals surface area contributed by atoms with Gasteiger partial charge >= 0.3 is 0 Å². The van der Waals surface area contributed by atoms with E-state index in [1.807, 2.05) is 13.0 Å². The van der Waals surface area contributed by atoms with Crippen molar-refractivity contribution in [2.45, 2.75) is 63.9 Å². The lowest BCUT2D eigenvalue weighted by molar-refractivity contribution is 0.00672. The quantitative estimate of drug-likeness (QED) is 0.515. The van der Waals surface area contributed by atoms with Crippen LogP contribution in [0.15, 0.2) is 30.3 Å². The molecule has 1 N–H and O–H groups in total. The summed E-state index contributed by atoms with van der Waals surface area (Å²) < 4.78 is 35.0. The second kappa shape index (κ2) is 10.1. The zero-order chi connectivity index (χ0) is 24.4. The molecule has 2 fully saturated rings. The second-order valence-corrected chi connectivity index (χ2v) is 10.0. The van der Waals surface area contributed by atoms with E-state index in [4.69, 9.17) is 14.7 Å². The topological polar surface area (TPSA) is 76.3 Å². The highest BCUT2D eigenvalue weighted by Gasteiger charge is 2.28. The van der Waals surface area contributed by atoms with E-state index < -0.39 is 12.0 Å². The van der Waals surface area contributed by atoms with Gasteiger partial charge < -0.3 is 14.7 Å². The van der Waals surface area contributed by atoms with Crippen molar-refractivity contribution in [2.75, 3.05) is 31.2 Å². The fourth-order valence-electron chi connectivity index (χ4n) is 5.22. The first-order valence-electron chi connectivity index (χ1n) is 12.6. The van der Waals surface area contributed by atoms with Crippen LogP contribution in [0.3, 0.4) is 0 Å². The van der Waals surface area contributed by atoms with Crippen LogP contribution in [0.25, 0.3) is 16.9 Å². The maximum absolute atomic E-state index is 14.0. The monoisotopic (exact) mass is 485 g/mol. The normalized spacial score (nSPS) is 23.3. The summed E-state index contributed by atoms with van der Waals surface area (Å²) in [6, 6.07) is 8.94. The average Bonchev–Trinajstić information content (AvgIpc) is 3.26. The Balaban J connectivity index is 1.44. The Kier molecular flexibility index (Phi) is 6.98. The van der Waals surface area contributed by atoms with Gasteiger partial charge in [0.15, 0.2) is 5.82 Å². The lowest BCUT2D eigenvalue weighted by atomic mass is 9.78. The van der Waals surface area contributed by atoms with E-state index in [1.165, 1.54) is 4.57 Å². The van der Waals surface area contributed by atoms with Gasteiger partial charge in [-0.3, -0.25) is 4.57 Å². The molecule has 2 aliphatic rings. The van der Waals surface area contributed by atoms with Crippen molar-refractivity contribution in [2.24, 2.45) is 5.92 Å². The van der Waals surface area contributed by atoms with Crippen molar-refractivity contribution in [1.29, 1.82) is 0 Å². The lowest BCUT2D eigenvalue weighted by Gasteiger charge is -2.33. The molecular formula is C26H33F2N5O2. The number of aromatic nitrogens is 4. The molecule has 0 amide bonds. The van der Waals surface area contributed by atoms with Crippen LogP contribution in [-0.4, -0.2) is 56.5 Å². The summed E-state index contributed by atoms with van der Waals surface area (Å²) in [4.78, 5) is 15.9. The van der Waals surface area contributed by atoms with E-state index in [-0.39, 0.29) is 5.82 Å². The zero-order valence-corrected chi connectivity index (χ0v) is 20.2. The third-order valence-electron chi connectivity index (χ3n) is 7.29. The Morgan fingerprint density at radius 3 is 2.54 bits per heavy atom. The van der Waals surface area contributed by atoms with Gasteiger partial charge in [0.2, 0.25) is 0 Å². The second-order valence-electron chi connectivity index (χ2n) is 10.0. The van der Waals surface area contributed by atoms with Crippen LogP contribution in [-0.2, 0) is 11.2 Å². The van der Waals surface area contributed by atoms with Gasteiger partial charge in [-0.2, -0.15) is 0 Å². The van der Waals surface area contributed by atoms with Gasteiger partial charge in [0.05, 0.1) is 29.8 Å². The number of alkyl halides is 2. The number of rotatable bonds is 7.